The highest BCUT2D eigenvalue weighted by Crippen LogP contribution is 2.29. The van der Waals surface area contributed by atoms with Gasteiger partial charge in [-0.1, -0.05) is 32.0 Å². The fourth-order valence-electron chi connectivity index (χ4n) is 3.11. The van der Waals surface area contributed by atoms with Crippen molar-refractivity contribution in [2.24, 2.45) is 0 Å². The first kappa shape index (κ1) is 17.1. The highest BCUT2D eigenvalue weighted by atomic mass is 19.1. The van der Waals surface area contributed by atoms with Gasteiger partial charge < -0.3 is 10.3 Å². The smallest absolute Gasteiger partial charge is 0.156 e. The molecule has 0 amide bonds. The molecule has 2 N–H and O–H groups in total. The minimum atomic E-state index is -0.229. The number of aromatic amines is 1. The molecule has 2 aromatic heterocycles. The number of aromatic nitrogens is 4. The number of anilines is 1. The third-order valence-corrected chi connectivity index (χ3v) is 4.78. The van der Waals surface area contributed by atoms with Crippen LogP contribution in [0.3, 0.4) is 0 Å². The molecule has 136 valence electrons. The van der Waals surface area contributed by atoms with E-state index >= 15 is 0 Å². The summed E-state index contributed by atoms with van der Waals surface area (Å²) >= 11 is 0. The summed E-state index contributed by atoms with van der Waals surface area (Å²) in [5.41, 5.74) is 4.76. The second-order valence-corrected chi connectivity index (χ2v) is 7.17. The molecule has 0 atom stereocenters. The van der Waals surface area contributed by atoms with Crippen molar-refractivity contribution in [3.05, 3.63) is 72.4 Å². The lowest BCUT2D eigenvalue weighted by Gasteiger charge is -2.26. The van der Waals surface area contributed by atoms with E-state index in [1.807, 2.05) is 30.3 Å². The highest BCUT2D eigenvalue weighted by Gasteiger charge is 2.21. The summed E-state index contributed by atoms with van der Waals surface area (Å²) < 4.78 is 13.2. The Morgan fingerprint density at radius 2 is 1.89 bits per heavy atom. The summed E-state index contributed by atoms with van der Waals surface area (Å²) in [5.74, 6) is 0.486. The van der Waals surface area contributed by atoms with Crippen molar-refractivity contribution < 1.29 is 4.39 Å². The fraction of sp³-hybridized carbons (Fsp3) is 0.190. The topological polar surface area (TPSA) is 66.5 Å². The van der Waals surface area contributed by atoms with Crippen LogP contribution in [-0.2, 0) is 5.41 Å². The van der Waals surface area contributed by atoms with Gasteiger partial charge in [-0.15, -0.1) is 5.10 Å². The summed E-state index contributed by atoms with van der Waals surface area (Å²) in [5, 5.41) is 11.7. The first-order valence-corrected chi connectivity index (χ1v) is 8.78. The summed E-state index contributed by atoms with van der Waals surface area (Å²) in [6.07, 6.45) is 3.37. The molecule has 5 nitrogen and oxygen atoms in total. The molecule has 4 rings (SSSR count). The minimum absolute atomic E-state index is 0.199. The molecule has 0 saturated carbocycles. The van der Waals surface area contributed by atoms with Crippen molar-refractivity contribution >= 4 is 16.9 Å². The van der Waals surface area contributed by atoms with Crippen molar-refractivity contribution in [1.29, 1.82) is 0 Å². The van der Waals surface area contributed by atoms with Gasteiger partial charge in [-0.05, 0) is 41.5 Å². The van der Waals surface area contributed by atoms with E-state index < -0.39 is 0 Å². The molecule has 4 aromatic rings. The first-order chi connectivity index (χ1) is 13.0. The molecule has 0 radical (unpaired) electrons. The third-order valence-electron chi connectivity index (χ3n) is 4.78. The van der Waals surface area contributed by atoms with Gasteiger partial charge in [-0.25, -0.2) is 9.37 Å². The molecule has 0 fully saturated rings. The quantitative estimate of drug-likeness (QED) is 0.547. The largest absolute Gasteiger partial charge is 0.367 e. The molecule has 2 heterocycles. The van der Waals surface area contributed by atoms with Crippen LogP contribution in [0.1, 0.15) is 19.4 Å². The molecule has 2 aromatic carbocycles. The zero-order chi connectivity index (χ0) is 18.9. The second-order valence-electron chi connectivity index (χ2n) is 7.17. The molecule has 0 bridgehead atoms. The Bertz CT molecular complexity index is 1070. The molecule has 0 aliphatic rings. The second kappa shape index (κ2) is 6.79. The Kier molecular flexibility index (Phi) is 4.32. The Balaban J connectivity index is 1.60. The lowest BCUT2D eigenvalue weighted by molar-refractivity contribution is 0.552. The number of hydrogen-bond acceptors (Lipinski definition) is 4. The van der Waals surface area contributed by atoms with Crippen molar-refractivity contribution in [3.8, 4) is 11.1 Å². The summed E-state index contributed by atoms with van der Waals surface area (Å²) in [7, 11) is 0. The Hall–Kier alpha value is -3.28. The fourth-order valence-corrected chi connectivity index (χ4v) is 3.11. The number of benzene rings is 2. The van der Waals surface area contributed by atoms with Gasteiger partial charge in [0.1, 0.15) is 5.82 Å². The monoisotopic (exact) mass is 361 g/mol. The summed E-state index contributed by atoms with van der Waals surface area (Å²) in [6, 6.07) is 14.6. The average molecular weight is 361 g/mol. The van der Waals surface area contributed by atoms with Crippen molar-refractivity contribution in [3.63, 3.8) is 0 Å². The predicted octanol–water partition coefficient (Wildman–Crippen LogP) is 4.55. The molecule has 27 heavy (non-hydrogen) atoms. The lowest BCUT2D eigenvalue weighted by atomic mass is 9.84. The van der Waals surface area contributed by atoms with Crippen molar-refractivity contribution in [2.75, 3.05) is 11.9 Å². The van der Waals surface area contributed by atoms with Crippen LogP contribution in [0.25, 0.3) is 22.2 Å². The highest BCUT2D eigenvalue weighted by molar-refractivity contribution is 5.84. The van der Waals surface area contributed by atoms with Gasteiger partial charge in [-0.3, -0.25) is 0 Å². The van der Waals surface area contributed by atoms with Gasteiger partial charge in [0.05, 0.1) is 23.6 Å². The van der Waals surface area contributed by atoms with Crippen LogP contribution in [0.5, 0.6) is 0 Å². The van der Waals surface area contributed by atoms with Gasteiger partial charge in [0.15, 0.2) is 5.82 Å². The number of halogens is 1. The maximum absolute atomic E-state index is 13.2. The normalized spacial score (nSPS) is 11.7. The van der Waals surface area contributed by atoms with Crippen molar-refractivity contribution in [1.82, 2.24) is 20.2 Å². The number of imidazole rings is 1. The van der Waals surface area contributed by atoms with Gasteiger partial charge in [0.2, 0.25) is 0 Å². The van der Waals surface area contributed by atoms with E-state index in [0.717, 1.165) is 27.7 Å². The molecule has 6 heteroatoms. The molecule has 0 saturated heterocycles. The van der Waals surface area contributed by atoms with Crippen LogP contribution >= 0.6 is 0 Å². The number of hydrogen-bond donors (Lipinski definition) is 2. The van der Waals surface area contributed by atoms with E-state index in [9.17, 15) is 4.39 Å². The number of fused-ring (bicyclic) bond motifs is 1. The Morgan fingerprint density at radius 3 is 2.70 bits per heavy atom. The molecule has 0 spiro atoms. The maximum Gasteiger partial charge on any atom is 0.156 e. The van der Waals surface area contributed by atoms with E-state index in [1.165, 1.54) is 12.1 Å². The van der Waals surface area contributed by atoms with E-state index in [1.54, 1.807) is 12.5 Å². The molecular weight excluding hydrogens is 341 g/mol. The minimum Gasteiger partial charge on any atom is -0.367 e. The zero-order valence-corrected chi connectivity index (χ0v) is 15.2. The average Bonchev–Trinajstić information content (AvgIpc) is 3.15. The van der Waals surface area contributed by atoms with Crippen LogP contribution in [0.15, 0.2) is 61.1 Å². The molecular formula is C21H20FN5. The number of H-pyrrole nitrogens is 1. The molecule has 0 unspecified atom stereocenters. The van der Waals surface area contributed by atoms with Gasteiger partial charge >= 0.3 is 0 Å². The van der Waals surface area contributed by atoms with E-state index in [4.69, 9.17) is 0 Å². The van der Waals surface area contributed by atoms with Crippen molar-refractivity contribution in [2.45, 2.75) is 19.3 Å². The van der Waals surface area contributed by atoms with Crippen LogP contribution in [0.4, 0.5) is 10.2 Å². The molecule has 0 aliphatic heterocycles. The van der Waals surface area contributed by atoms with Crippen LogP contribution in [-0.4, -0.2) is 26.7 Å². The number of nitrogens with zero attached hydrogens (tertiary/aromatic N) is 3. The van der Waals surface area contributed by atoms with Crippen LogP contribution < -0.4 is 5.32 Å². The van der Waals surface area contributed by atoms with Crippen LogP contribution in [0.2, 0.25) is 0 Å². The van der Waals surface area contributed by atoms with E-state index in [2.05, 4.69) is 45.4 Å². The van der Waals surface area contributed by atoms with E-state index in [0.29, 0.717) is 12.4 Å². The Labute approximate surface area is 156 Å². The standard InChI is InChI=1S/C21H20FN5/c1-21(2,15-4-6-16(22)7-5-15)12-23-20-17(9-10-26-27-20)14-3-8-18-19(11-14)25-13-24-18/h3-11,13H,12H2,1-2H3,(H,23,27)(H,24,25). The zero-order valence-electron chi connectivity index (χ0n) is 15.2. The first-order valence-electron chi connectivity index (χ1n) is 8.78. The third kappa shape index (κ3) is 3.51. The Morgan fingerprint density at radius 1 is 1.07 bits per heavy atom. The molecule has 0 aliphatic carbocycles. The van der Waals surface area contributed by atoms with Gasteiger partial charge in [0, 0.05) is 17.5 Å². The summed E-state index contributed by atoms with van der Waals surface area (Å²) in [4.78, 5) is 7.39. The SMILES string of the molecule is CC(C)(CNc1nnccc1-c1ccc2nc[nH]c2c1)c1ccc(F)cc1. The van der Waals surface area contributed by atoms with Crippen LogP contribution in [0, 0.1) is 5.82 Å². The summed E-state index contributed by atoms with van der Waals surface area (Å²) in [6.45, 7) is 4.86. The van der Waals surface area contributed by atoms with E-state index in [-0.39, 0.29) is 11.2 Å². The maximum atomic E-state index is 13.2. The number of rotatable bonds is 5. The predicted molar refractivity (Wildman–Crippen MR) is 105 cm³/mol. The lowest BCUT2D eigenvalue weighted by Crippen LogP contribution is -2.28. The van der Waals surface area contributed by atoms with Gasteiger partial charge in [-0.2, -0.15) is 5.10 Å². The number of nitrogens with one attached hydrogen (secondary N) is 2. The van der Waals surface area contributed by atoms with Gasteiger partial charge in [0.25, 0.3) is 0 Å².